The fraction of sp³-hybridized carbons (Fsp3) is 0.417. The van der Waals surface area contributed by atoms with E-state index in [1.165, 1.54) is 36.4 Å². The van der Waals surface area contributed by atoms with Crippen molar-refractivity contribution < 1.29 is 32.3 Å². The van der Waals surface area contributed by atoms with Crippen molar-refractivity contribution in [2.75, 3.05) is 5.32 Å². The molecule has 0 saturated heterocycles. The Balaban J connectivity index is 2.38. The molecule has 2 rings (SSSR count). The predicted molar refractivity (Wildman–Crippen MR) is 119 cm³/mol. The van der Waals surface area contributed by atoms with E-state index in [1.807, 2.05) is 0 Å². The van der Waals surface area contributed by atoms with Gasteiger partial charge >= 0.3 is 12.1 Å². The van der Waals surface area contributed by atoms with Gasteiger partial charge in [0.25, 0.3) is 0 Å². The van der Waals surface area contributed by atoms with Crippen LogP contribution in [0.5, 0.6) is 0 Å². The number of amides is 1. The normalized spacial score (nSPS) is 14.9. The number of nitrogens with one attached hydrogen (secondary N) is 1. The van der Waals surface area contributed by atoms with Crippen LogP contribution in [0.1, 0.15) is 44.7 Å². The summed E-state index contributed by atoms with van der Waals surface area (Å²) in [7, 11) is 0. The number of hydrogen-bond donors (Lipinski definition) is 2. The van der Waals surface area contributed by atoms with Crippen LogP contribution in [-0.4, -0.2) is 23.2 Å². The second-order valence-corrected chi connectivity index (χ2v) is 9.56. The molecule has 0 bridgehead atoms. The van der Waals surface area contributed by atoms with Crippen molar-refractivity contribution in [3.8, 4) is 0 Å². The third-order valence-corrected chi connectivity index (χ3v) is 5.85. The minimum absolute atomic E-state index is 0.0571. The minimum atomic E-state index is -4.68. The molecule has 0 aliphatic heterocycles. The Bertz CT molecular complexity index is 1000. The first-order valence-electron chi connectivity index (χ1n) is 10.3. The van der Waals surface area contributed by atoms with Gasteiger partial charge in [0.2, 0.25) is 5.91 Å². The van der Waals surface area contributed by atoms with Crippen LogP contribution in [0, 0.1) is 23.1 Å². The van der Waals surface area contributed by atoms with Gasteiger partial charge in [-0.2, -0.15) is 13.2 Å². The zero-order valence-electron chi connectivity index (χ0n) is 18.6. The van der Waals surface area contributed by atoms with E-state index in [0.717, 1.165) is 13.0 Å². The molecule has 9 heteroatoms. The van der Waals surface area contributed by atoms with E-state index in [-0.39, 0.29) is 17.7 Å². The number of carbonyl (C=O) groups is 2. The summed E-state index contributed by atoms with van der Waals surface area (Å²) in [5, 5.41) is 12.1. The number of anilines is 1. The second-order valence-electron chi connectivity index (χ2n) is 9.12. The standard InChI is InChI=1S/C24H26ClF4NO3/c1-13(24(27,28)29)20(15-6-8-16(25)9-7-15)21(31)30-19-12-14(5-10-18(19)26)11-17(22(32)33)23(2,3)4/h5-10,12-13,17,20H,11H2,1-4H3,(H,30,31)(H,32,33)/t13-,17?,20+/m1/s1. The van der Waals surface area contributed by atoms with E-state index in [1.54, 1.807) is 20.8 Å². The van der Waals surface area contributed by atoms with Gasteiger partial charge in [0.1, 0.15) is 5.82 Å². The third-order valence-electron chi connectivity index (χ3n) is 5.60. The van der Waals surface area contributed by atoms with Gasteiger partial charge in [0.05, 0.1) is 23.4 Å². The van der Waals surface area contributed by atoms with Gasteiger partial charge in [0, 0.05) is 5.02 Å². The highest BCUT2D eigenvalue weighted by molar-refractivity contribution is 6.30. The van der Waals surface area contributed by atoms with Crippen LogP contribution in [0.4, 0.5) is 23.2 Å². The number of hydrogen-bond acceptors (Lipinski definition) is 2. The smallest absolute Gasteiger partial charge is 0.392 e. The van der Waals surface area contributed by atoms with E-state index < -0.39 is 47.0 Å². The van der Waals surface area contributed by atoms with E-state index in [2.05, 4.69) is 5.32 Å². The number of benzene rings is 2. The summed E-state index contributed by atoms with van der Waals surface area (Å²) >= 11 is 5.81. The maximum absolute atomic E-state index is 14.4. The van der Waals surface area contributed by atoms with E-state index in [4.69, 9.17) is 11.6 Å². The van der Waals surface area contributed by atoms with Gasteiger partial charge in [-0.15, -0.1) is 0 Å². The molecule has 1 amide bonds. The maximum atomic E-state index is 14.4. The van der Waals surface area contributed by atoms with Crippen LogP contribution in [0.2, 0.25) is 5.02 Å². The average molecular weight is 488 g/mol. The fourth-order valence-corrected chi connectivity index (χ4v) is 3.66. The average Bonchev–Trinajstić information content (AvgIpc) is 2.68. The van der Waals surface area contributed by atoms with Crippen LogP contribution in [0.3, 0.4) is 0 Å². The minimum Gasteiger partial charge on any atom is -0.481 e. The van der Waals surface area contributed by atoms with E-state index in [9.17, 15) is 32.3 Å². The molecular formula is C24H26ClF4NO3. The molecule has 0 heterocycles. The lowest BCUT2D eigenvalue weighted by molar-refractivity contribution is -0.178. The van der Waals surface area contributed by atoms with Crippen LogP contribution in [-0.2, 0) is 16.0 Å². The number of alkyl halides is 3. The zero-order chi connectivity index (χ0) is 25.1. The molecule has 0 saturated carbocycles. The summed E-state index contributed by atoms with van der Waals surface area (Å²) in [6, 6.07) is 9.09. The van der Waals surface area contributed by atoms with Crippen molar-refractivity contribution in [3.05, 3.63) is 64.4 Å². The lowest BCUT2D eigenvalue weighted by atomic mass is 9.77. The number of carboxylic acids is 1. The summed E-state index contributed by atoms with van der Waals surface area (Å²) in [5.74, 6) is -7.40. The molecule has 2 aromatic rings. The molecular weight excluding hydrogens is 462 g/mol. The van der Waals surface area contributed by atoms with Crippen molar-refractivity contribution in [2.45, 2.75) is 46.2 Å². The molecule has 0 fully saturated rings. The molecule has 2 aromatic carbocycles. The molecule has 0 aliphatic rings. The highest BCUT2D eigenvalue weighted by Crippen LogP contribution is 2.39. The number of carbonyl (C=O) groups excluding carboxylic acids is 1. The Morgan fingerprint density at radius 2 is 1.64 bits per heavy atom. The molecule has 3 atom stereocenters. The lowest BCUT2D eigenvalue weighted by Gasteiger charge is -2.27. The van der Waals surface area contributed by atoms with Crippen molar-refractivity contribution in [3.63, 3.8) is 0 Å². The molecule has 0 radical (unpaired) electrons. The summed E-state index contributed by atoms with van der Waals surface area (Å²) in [6.45, 7) is 6.15. The zero-order valence-corrected chi connectivity index (χ0v) is 19.4. The summed E-state index contributed by atoms with van der Waals surface area (Å²) in [6.07, 6.45) is -4.62. The molecule has 33 heavy (non-hydrogen) atoms. The quantitative estimate of drug-likeness (QED) is 0.427. The Morgan fingerprint density at radius 1 is 1.06 bits per heavy atom. The molecule has 0 aromatic heterocycles. The largest absolute Gasteiger partial charge is 0.481 e. The maximum Gasteiger partial charge on any atom is 0.392 e. The molecule has 2 N–H and O–H groups in total. The van der Waals surface area contributed by atoms with Gasteiger partial charge in [-0.1, -0.05) is 57.5 Å². The Labute approximate surface area is 195 Å². The van der Waals surface area contributed by atoms with Gasteiger partial charge in [-0.3, -0.25) is 9.59 Å². The van der Waals surface area contributed by atoms with Crippen molar-refractivity contribution in [2.24, 2.45) is 17.3 Å². The van der Waals surface area contributed by atoms with E-state index >= 15 is 0 Å². The number of rotatable bonds is 7. The van der Waals surface area contributed by atoms with Gasteiger partial charge in [0.15, 0.2) is 0 Å². The Hall–Kier alpha value is -2.61. The van der Waals surface area contributed by atoms with Crippen LogP contribution >= 0.6 is 11.6 Å². The summed E-state index contributed by atoms with van der Waals surface area (Å²) < 4.78 is 54.9. The first-order valence-corrected chi connectivity index (χ1v) is 10.6. The third kappa shape index (κ3) is 6.93. The first kappa shape index (κ1) is 26.6. The molecule has 4 nitrogen and oxygen atoms in total. The monoisotopic (exact) mass is 487 g/mol. The van der Waals surface area contributed by atoms with Gasteiger partial charge < -0.3 is 10.4 Å². The van der Waals surface area contributed by atoms with Gasteiger partial charge in [-0.05, 0) is 47.2 Å². The van der Waals surface area contributed by atoms with Crippen molar-refractivity contribution in [1.29, 1.82) is 0 Å². The molecule has 0 spiro atoms. The Kier molecular flexibility index (Phi) is 8.17. The van der Waals surface area contributed by atoms with Gasteiger partial charge in [-0.25, -0.2) is 4.39 Å². The fourth-order valence-electron chi connectivity index (χ4n) is 3.53. The highest BCUT2D eigenvalue weighted by atomic mass is 35.5. The summed E-state index contributed by atoms with van der Waals surface area (Å²) in [5.41, 5.74) is -0.396. The number of aliphatic carboxylic acids is 1. The van der Waals surface area contributed by atoms with E-state index in [0.29, 0.717) is 10.6 Å². The Morgan fingerprint density at radius 3 is 2.12 bits per heavy atom. The van der Waals surface area contributed by atoms with Crippen LogP contribution in [0.15, 0.2) is 42.5 Å². The topological polar surface area (TPSA) is 66.4 Å². The highest BCUT2D eigenvalue weighted by Gasteiger charge is 2.45. The lowest BCUT2D eigenvalue weighted by Crippen LogP contribution is -2.34. The van der Waals surface area contributed by atoms with Crippen molar-refractivity contribution >= 4 is 29.2 Å². The van der Waals surface area contributed by atoms with Crippen molar-refractivity contribution in [1.82, 2.24) is 0 Å². The number of halogens is 5. The van der Waals surface area contributed by atoms with Crippen LogP contribution < -0.4 is 5.32 Å². The van der Waals surface area contributed by atoms with Crippen LogP contribution in [0.25, 0.3) is 0 Å². The molecule has 1 unspecified atom stereocenters. The molecule has 180 valence electrons. The predicted octanol–water partition coefficient (Wildman–Crippen LogP) is 6.69. The first-order chi connectivity index (χ1) is 15.1. The number of carboxylic acid groups (broad SMARTS) is 1. The second kappa shape index (κ2) is 10.1. The SMILES string of the molecule is C[C@H]([C@H](C(=O)Nc1cc(CC(C(=O)O)C(C)(C)C)ccc1F)c1ccc(Cl)cc1)C(F)(F)F. The molecule has 0 aliphatic carbocycles. The summed E-state index contributed by atoms with van der Waals surface area (Å²) in [4.78, 5) is 24.6.